The molecular weight excluding hydrogens is 613 g/mol. The monoisotopic (exact) mass is 640 g/mol. The second-order valence-corrected chi connectivity index (χ2v) is 12.5. The SMILES string of the molecule is c1ccc(-c2ccc(-c3cc(-c4ccc(-c5cccc6c5oc5ccccc56)cc4)nc(-c4cccc5c4oc4ccccc45)n3)cc2)cc1. The molecule has 0 bridgehead atoms. The van der Waals surface area contributed by atoms with E-state index in [2.05, 4.69) is 127 Å². The van der Waals surface area contributed by atoms with Crippen LogP contribution in [0, 0.1) is 0 Å². The number of fused-ring (bicyclic) bond motifs is 6. The second kappa shape index (κ2) is 11.4. The molecule has 0 unspecified atom stereocenters. The Bertz CT molecular complexity index is 2850. The van der Waals surface area contributed by atoms with Crippen LogP contribution in [0.2, 0.25) is 0 Å². The summed E-state index contributed by atoms with van der Waals surface area (Å²) in [6.07, 6.45) is 0. The summed E-state index contributed by atoms with van der Waals surface area (Å²) in [5, 5.41) is 4.36. The fraction of sp³-hybridized carbons (Fsp3) is 0. The zero-order chi connectivity index (χ0) is 33.0. The van der Waals surface area contributed by atoms with Gasteiger partial charge in [0.15, 0.2) is 5.82 Å². The molecule has 0 spiro atoms. The van der Waals surface area contributed by atoms with Crippen LogP contribution in [0.15, 0.2) is 179 Å². The van der Waals surface area contributed by atoms with Gasteiger partial charge in [-0.25, -0.2) is 9.97 Å². The first-order chi connectivity index (χ1) is 24.8. The topological polar surface area (TPSA) is 52.1 Å². The number of hydrogen-bond donors (Lipinski definition) is 0. The van der Waals surface area contributed by atoms with Gasteiger partial charge in [-0.2, -0.15) is 0 Å². The zero-order valence-corrected chi connectivity index (χ0v) is 26.9. The summed E-state index contributed by atoms with van der Waals surface area (Å²) in [5.74, 6) is 0.616. The minimum atomic E-state index is 0.616. The Morgan fingerprint density at radius 2 is 0.760 bits per heavy atom. The highest BCUT2D eigenvalue weighted by Gasteiger charge is 2.18. The Morgan fingerprint density at radius 1 is 0.320 bits per heavy atom. The van der Waals surface area contributed by atoms with Crippen LogP contribution in [0.1, 0.15) is 0 Å². The molecule has 0 aliphatic carbocycles. The third-order valence-corrected chi connectivity index (χ3v) is 9.56. The molecule has 50 heavy (non-hydrogen) atoms. The normalized spacial score (nSPS) is 11.6. The minimum Gasteiger partial charge on any atom is -0.455 e. The van der Waals surface area contributed by atoms with Gasteiger partial charge in [-0.15, -0.1) is 0 Å². The Morgan fingerprint density at radius 3 is 1.36 bits per heavy atom. The lowest BCUT2D eigenvalue weighted by atomic mass is 9.99. The molecule has 0 saturated heterocycles. The van der Waals surface area contributed by atoms with Crippen LogP contribution in [-0.2, 0) is 0 Å². The summed E-state index contributed by atoms with van der Waals surface area (Å²) >= 11 is 0. The molecule has 0 radical (unpaired) electrons. The molecule has 234 valence electrons. The first kappa shape index (κ1) is 28.3. The van der Waals surface area contributed by atoms with Crippen molar-refractivity contribution in [3.05, 3.63) is 170 Å². The quantitative estimate of drug-likeness (QED) is 0.188. The molecule has 0 N–H and O–H groups in total. The standard InChI is InChI=1S/C46H28N2O2/c1-2-10-29(11-3-1)30-20-24-32(25-21-30)40-28-41(48-46(47-40)39-17-9-16-38-36-13-5-7-19-43(36)50-45(38)39)33-26-22-31(23-27-33)34-14-8-15-37-35-12-4-6-18-42(35)49-44(34)37/h1-28H. The maximum atomic E-state index is 6.43. The molecule has 0 aliphatic rings. The average molecular weight is 641 g/mol. The van der Waals surface area contributed by atoms with E-state index in [0.717, 1.165) is 88.6 Å². The second-order valence-electron chi connectivity index (χ2n) is 12.5. The molecule has 0 atom stereocenters. The van der Waals surface area contributed by atoms with E-state index in [1.54, 1.807) is 0 Å². The average Bonchev–Trinajstić information content (AvgIpc) is 3.77. The lowest BCUT2D eigenvalue weighted by molar-refractivity contribution is 0.669. The lowest BCUT2D eigenvalue weighted by Gasteiger charge is -2.11. The van der Waals surface area contributed by atoms with Gasteiger partial charge in [-0.05, 0) is 41.0 Å². The zero-order valence-electron chi connectivity index (χ0n) is 26.9. The van der Waals surface area contributed by atoms with Gasteiger partial charge in [0.2, 0.25) is 0 Å². The predicted octanol–water partition coefficient (Wildman–Crippen LogP) is 12.6. The molecule has 3 aromatic heterocycles. The molecule has 10 rings (SSSR count). The maximum Gasteiger partial charge on any atom is 0.164 e. The fourth-order valence-corrected chi connectivity index (χ4v) is 7.05. The summed E-state index contributed by atoms with van der Waals surface area (Å²) in [7, 11) is 0. The first-order valence-corrected chi connectivity index (χ1v) is 16.7. The van der Waals surface area contributed by atoms with Gasteiger partial charge in [0, 0.05) is 38.2 Å². The molecule has 0 aliphatic heterocycles. The van der Waals surface area contributed by atoms with Crippen LogP contribution >= 0.6 is 0 Å². The van der Waals surface area contributed by atoms with Crippen molar-refractivity contribution in [2.45, 2.75) is 0 Å². The van der Waals surface area contributed by atoms with Crippen molar-refractivity contribution in [1.82, 2.24) is 9.97 Å². The fourth-order valence-electron chi connectivity index (χ4n) is 7.05. The van der Waals surface area contributed by atoms with E-state index < -0.39 is 0 Å². The van der Waals surface area contributed by atoms with E-state index in [1.807, 2.05) is 42.5 Å². The van der Waals surface area contributed by atoms with E-state index in [-0.39, 0.29) is 0 Å². The highest BCUT2D eigenvalue weighted by atomic mass is 16.3. The lowest BCUT2D eigenvalue weighted by Crippen LogP contribution is -1.96. The first-order valence-electron chi connectivity index (χ1n) is 16.7. The smallest absolute Gasteiger partial charge is 0.164 e. The summed E-state index contributed by atoms with van der Waals surface area (Å²) in [4.78, 5) is 10.3. The summed E-state index contributed by atoms with van der Waals surface area (Å²) < 4.78 is 12.8. The Kier molecular flexibility index (Phi) is 6.46. The van der Waals surface area contributed by atoms with Crippen molar-refractivity contribution in [2.75, 3.05) is 0 Å². The van der Waals surface area contributed by atoms with Crippen LogP contribution in [0.3, 0.4) is 0 Å². The molecular formula is C46H28N2O2. The molecule has 0 amide bonds. The molecule has 4 heteroatoms. The van der Waals surface area contributed by atoms with E-state index in [9.17, 15) is 0 Å². The molecule has 0 fully saturated rings. The third-order valence-electron chi connectivity index (χ3n) is 9.56. The maximum absolute atomic E-state index is 6.43. The number of aromatic nitrogens is 2. The van der Waals surface area contributed by atoms with E-state index >= 15 is 0 Å². The molecule has 10 aromatic rings. The van der Waals surface area contributed by atoms with Crippen LogP contribution in [0.5, 0.6) is 0 Å². The van der Waals surface area contributed by atoms with Crippen molar-refractivity contribution in [3.8, 4) is 56.2 Å². The molecule has 3 heterocycles. The van der Waals surface area contributed by atoms with E-state index in [1.165, 1.54) is 5.56 Å². The van der Waals surface area contributed by atoms with Crippen LogP contribution in [0.25, 0.3) is 100 Å². The summed E-state index contributed by atoms with van der Waals surface area (Å²) in [5.41, 5.74) is 12.4. The Balaban J connectivity index is 1.11. The summed E-state index contributed by atoms with van der Waals surface area (Å²) in [6, 6.07) is 58.5. The highest BCUT2D eigenvalue weighted by molar-refractivity contribution is 6.10. The van der Waals surface area contributed by atoms with Gasteiger partial charge in [0.1, 0.15) is 22.3 Å². The van der Waals surface area contributed by atoms with Crippen LogP contribution < -0.4 is 0 Å². The van der Waals surface area contributed by atoms with Crippen molar-refractivity contribution >= 4 is 43.9 Å². The number of hydrogen-bond acceptors (Lipinski definition) is 4. The van der Waals surface area contributed by atoms with Gasteiger partial charge in [-0.3, -0.25) is 0 Å². The van der Waals surface area contributed by atoms with Gasteiger partial charge in [0.25, 0.3) is 0 Å². The van der Waals surface area contributed by atoms with Crippen molar-refractivity contribution in [2.24, 2.45) is 0 Å². The molecule has 7 aromatic carbocycles. The highest BCUT2D eigenvalue weighted by Crippen LogP contribution is 2.38. The van der Waals surface area contributed by atoms with Gasteiger partial charge in [-0.1, -0.05) is 146 Å². The number of nitrogens with zero attached hydrogens (tertiary/aromatic N) is 2. The summed E-state index contributed by atoms with van der Waals surface area (Å²) in [6.45, 7) is 0. The Hall–Kier alpha value is -6.78. The third kappa shape index (κ3) is 4.69. The van der Waals surface area contributed by atoms with Crippen molar-refractivity contribution < 1.29 is 8.83 Å². The van der Waals surface area contributed by atoms with Gasteiger partial charge in [0.05, 0.1) is 17.0 Å². The number of rotatable bonds is 5. The Labute approximate surface area is 287 Å². The van der Waals surface area contributed by atoms with Crippen LogP contribution in [0.4, 0.5) is 0 Å². The predicted molar refractivity (Wildman–Crippen MR) is 204 cm³/mol. The van der Waals surface area contributed by atoms with E-state index in [4.69, 9.17) is 18.8 Å². The van der Waals surface area contributed by atoms with E-state index in [0.29, 0.717) is 5.82 Å². The van der Waals surface area contributed by atoms with Crippen molar-refractivity contribution in [3.63, 3.8) is 0 Å². The number of para-hydroxylation sites is 4. The van der Waals surface area contributed by atoms with Gasteiger partial charge < -0.3 is 8.83 Å². The van der Waals surface area contributed by atoms with Crippen molar-refractivity contribution in [1.29, 1.82) is 0 Å². The van der Waals surface area contributed by atoms with Crippen LogP contribution in [-0.4, -0.2) is 9.97 Å². The largest absolute Gasteiger partial charge is 0.455 e. The number of benzene rings is 7. The molecule has 0 saturated carbocycles. The number of furan rings is 2. The molecule has 4 nitrogen and oxygen atoms in total. The minimum absolute atomic E-state index is 0.616. The van der Waals surface area contributed by atoms with Gasteiger partial charge >= 0.3 is 0 Å².